The first kappa shape index (κ1) is 22.1. The number of nitrogens with one attached hydrogen (secondary N) is 1. The minimum Gasteiger partial charge on any atom is -0.369 e. The van der Waals surface area contributed by atoms with E-state index >= 15 is 0 Å². The van der Waals surface area contributed by atoms with Crippen LogP contribution in [0.3, 0.4) is 0 Å². The molecule has 3 aliphatic heterocycles. The van der Waals surface area contributed by atoms with Crippen LogP contribution in [0.1, 0.15) is 59.2 Å². The van der Waals surface area contributed by atoms with Gasteiger partial charge in [-0.2, -0.15) is 0 Å². The van der Waals surface area contributed by atoms with Gasteiger partial charge in [-0.1, -0.05) is 6.42 Å². The summed E-state index contributed by atoms with van der Waals surface area (Å²) in [5.41, 5.74) is 1.51. The number of imide groups is 2. The van der Waals surface area contributed by atoms with Crippen molar-refractivity contribution >= 4 is 35.6 Å². The highest BCUT2D eigenvalue weighted by atomic mass is 16.2. The van der Waals surface area contributed by atoms with Gasteiger partial charge in [0.25, 0.3) is 11.8 Å². The summed E-state index contributed by atoms with van der Waals surface area (Å²) in [5.74, 6) is -1.94. The van der Waals surface area contributed by atoms with Gasteiger partial charge < -0.3 is 9.69 Å². The molecule has 3 aliphatic rings. The fourth-order valence-electron chi connectivity index (χ4n) is 4.63. The van der Waals surface area contributed by atoms with Gasteiger partial charge in [0.1, 0.15) is 12.3 Å². The molecule has 1 atom stereocenters. The van der Waals surface area contributed by atoms with Crippen LogP contribution in [0.4, 0.5) is 5.69 Å². The van der Waals surface area contributed by atoms with Gasteiger partial charge in [0, 0.05) is 44.7 Å². The largest absolute Gasteiger partial charge is 0.369 e. The summed E-state index contributed by atoms with van der Waals surface area (Å²) < 4.78 is 0. The maximum absolute atomic E-state index is 13.0. The zero-order valence-corrected chi connectivity index (χ0v) is 18.0. The van der Waals surface area contributed by atoms with Gasteiger partial charge in [0.2, 0.25) is 11.8 Å². The van der Waals surface area contributed by atoms with Gasteiger partial charge in [0.05, 0.1) is 11.1 Å². The minimum absolute atomic E-state index is 0.108. The molecule has 0 radical (unpaired) electrons. The number of rotatable bonds is 8. The molecule has 0 saturated carbocycles. The summed E-state index contributed by atoms with van der Waals surface area (Å²) in [4.78, 5) is 65.4. The lowest BCUT2D eigenvalue weighted by molar-refractivity contribution is -0.136. The third kappa shape index (κ3) is 4.43. The van der Waals surface area contributed by atoms with Crippen molar-refractivity contribution in [3.63, 3.8) is 0 Å². The van der Waals surface area contributed by atoms with Gasteiger partial charge in [-0.05, 0) is 44.0 Å². The number of piperidine rings is 1. The lowest BCUT2D eigenvalue weighted by Gasteiger charge is -2.36. The Morgan fingerprint density at radius 2 is 1.69 bits per heavy atom. The summed E-state index contributed by atoms with van der Waals surface area (Å²) in [5, 5.41) is 2.21. The summed E-state index contributed by atoms with van der Waals surface area (Å²) in [6.07, 6.45) is 4.95. The third-order valence-electron chi connectivity index (χ3n) is 6.46. The molecule has 32 heavy (non-hydrogen) atoms. The molecule has 1 N–H and O–H groups in total. The second kappa shape index (κ2) is 9.60. The first-order chi connectivity index (χ1) is 15.5. The standard InChI is InChI=1S/C23H28N4O5/c28-14-4-2-1-3-9-25-10-12-26(13-11-25)16-5-6-17-18(15-16)23(32)27(22(17)31)19-7-8-20(29)24-21(19)30/h5-6,14-15,19H,1-4,7-13H2,(H,24,29,30). The number of carbonyl (C=O) groups is 5. The Kier molecular flexibility index (Phi) is 6.64. The van der Waals surface area contributed by atoms with E-state index in [4.69, 9.17) is 0 Å². The Labute approximate surface area is 186 Å². The highest BCUT2D eigenvalue weighted by Crippen LogP contribution is 2.31. The quantitative estimate of drug-likeness (QED) is 0.365. The second-order valence-electron chi connectivity index (χ2n) is 8.52. The Bertz CT molecular complexity index is 938. The maximum atomic E-state index is 13.0. The van der Waals surface area contributed by atoms with E-state index in [-0.39, 0.29) is 18.7 Å². The number of hydrogen-bond donors (Lipinski definition) is 1. The van der Waals surface area contributed by atoms with Crippen molar-refractivity contribution in [2.24, 2.45) is 0 Å². The third-order valence-corrected chi connectivity index (χ3v) is 6.46. The number of fused-ring (bicyclic) bond motifs is 1. The average Bonchev–Trinajstić information content (AvgIpc) is 3.04. The SMILES string of the molecule is O=CCCCCCN1CCN(c2ccc3c(c2)C(=O)N(C2CCC(=O)NC2=O)C3=O)CC1. The van der Waals surface area contributed by atoms with Crippen molar-refractivity contribution in [3.05, 3.63) is 29.3 Å². The molecule has 3 heterocycles. The molecule has 2 fully saturated rings. The molecule has 1 aromatic carbocycles. The molecule has 9 heteroatoms. The van der Waals surface area contributed by atoms with Crippen LogP contribution in [-0.4, -0.2) is 78.5 Å². The number of nitrogens with zero attached hydrogens (tertiary/aromatic N) is 3. The van der Waals surface area contributed by atoms with E-state index in [0.29, 0.717) is 17.5 Å². The van der Waals surface area contributed by atoms with Crippen LogP contribution in [-0.2, 0) is 14.4 Å². The van der Waals surface area contributed by atoms with E-state index < -0.39 is 23.8 Å². The number of benzene rings is 1. The van der Waals surface area contributed by atoms with Crippen LogP contribution in [0.25, 0.3) is 0 Å². The number of hydrogen-bond acceptors (Lipinski definition) is 7. The first-order valence-corrected chi connectivity index (χ1v) is 11.3. The highest BCUT2D eigenvalue weighted by Gasteiger charge is 2.44. The normalized spacial score (nSPS) is 21.7. The zero-order valence-electron chi connectivity index (χ0n) is 18.0. The molecule has 1 unspecified atom stereocenters. The molecular weight excluding hydrogens is 412 g/mol. The van der Waals surface area contributed by atoms with Crippen molar-refractivity contribution in [2.75, 3.05) is 37.6 Å². The lowest BCUT2D eigenvalue weighted by Crippen LogP contribution is -2.54. The van der Waals surface area contributed by atoms with Crippen molar-refractivity contribution in [3.8, 4) is 0 Å². The zero-order chi connectivity index (χ0) is 22.7. The first-order valence-electron chi connectivity index (χ1n) is 11.3. The molecule has 1 aromatic rings. The van der Waals surface area contributed by atoms with Crippen molar-refractivity contribution < 1.29 is 24.0 Å². The number of unbranched alkanes of at least 4 members (excludes halogenated alkanes) is 3. The number of carbonyl (C=O) groups excluding carboxylic acids is 5. The monoisotopic (exact) mass is 440 g/mol. The number of piperazine rings is 1. The van der Waals surface area contributed by atoms with Crippen LogP contribution < -0.4 is 10.2 Å². The van der Waals surface area contributed by atoms with E-state index in [1.807, 2.05) is 6.07 Å². The highest BCUT2D eigenvalue weighted by molar-refractivity contribution is 6.23. The number of amides is 4. The fraction of sp³-hybridized carbons (Fsp3) is 0.522. The van der Waals surface area contributed by atoms with Crippen molar-refractivity contribution in [1.29, 1.82) is 0 Å². The predicted molar refractivity (Wildman–Crippen MR) is 116 cm³/mol. The fourth-order valence-corrected chi connectivity index (χ4v) is 4.63. The van der Waals surface area contributed by atoms with Crippen molar-refractivity contribution in [2.45, 2.75) is 44.6 Å². The van der Waals surface area contributed by atoms with Gasteiger partial charge >= 0.3 is 0 Å². The predicted octanol–water partition coefficient (Wildman–Crippen LogP) is 0.969. The molecule has 2 saturated heterocycles. The second-order valence-corrected chi connectivity index (χ2v) is 8.52. The summed E-state index contributed by atoms with van der Waals surface area (Å²) >= 11 is 0. The molecule has 4 amide bonds. The maximum Gasteiger partial charge on any atom is 0.262 e. The molecule has 0 spiro atoms. The number of aldehydes is 1. The Hall–Kier alpha value is -3.07. The van der Waals surface area contributed by atoms with E-state index in [2.05, 4.69) is 15.1 Å². The van der Waals surface area contributed by atoms with Crippen LogP contribution in [0.5, 0.6) is 0 Å². The lowest BCUT2D eigenvalue weighted by atomic mass is 10.0. The molecular formula is C23H28N4O5. The van der Waals surface area contributed by atoms with E-state index in [1.165, 1.54) is 0 Å². The van der Waals surface area contributed by atoms with Gasteiger partial charge in [-0.15, -0.1) is 0 Å². The van der Waals surface area contributed by atoms with Crippen LogP contribution in [0.15, 0.2) is 18.2 Å². The molecule has 0 bridgehead atoms. The smallest absolute Gasteiger partial charge is 0.262 e. The molecule has 170 valence electrons. The average molecular weight is 441 g/mol. The summed E-state index contributed by atoms with van der Waals surface area (Å²) in [6, 6.07) is 4.32. The van der Waals surface area contributed by atoms with E-state index in [0.717, 1.165) is 68.9 Å². The Morgan fingerprint density at radius 3 is 2.41 bits per heavy atom. The van der Waals surface area contributed by atoms with Gasteiger partial charge in [0.15, 0.2) is 0 Å². The van der Waals surface area contributed by atoms with Gasteiger partial charge in [-0.25, -0.2) is 0 Å². The molecule has 9 nitrogen and oxygen atoms in total. The van der Waals surface area contributed by atoms with Crippen LogP contribution >= 0.6 is 0 Å². The molecule has 0 aliphatic carbocycles. The number of anilines is 1. The Morgan fingerprint density at radius 1 is 0.938 bits per heavy atom. The van der Waals surface area contributed by atoms with E-state index in [1.54, 1.807) is 12.1 Å². The topological polar surface area (TPSA) is 107 Å². The van der Waals surface area contributed by atoms with Crippen molar-refractivity contribution in [1.82, 2.24) is 15.1 Å². The Balaban J connectivity index is 1.38. The van der Waals surface area contributed by atoms with Crippen LogP contribution in [0.2, 0.25) is 0 Å². The van der Waals surface area contributed by atoms with Crippen LogP contribution in [0, 0.1) is 0 Å². The van der Waals surface area contributed by atoms with Gasteiger partial charge in [-0.3, -0.25) is 34.3 Å². The summed E-state index contributed by atoms with van der Waals surface area (Å²) in [6.45, 7) is 4.50. The minimum atomic E-state index is -0.946. The molecule has 4 rings (SSSR count). The molecule has 0 aromatic heterocycles. The van der Waals surface area contributed by atoms with E-state index in [9.17, 15) is 24.0 Å². The summed E-state index contributed by atoms with van der Waals surface area (Å²) in [7, 11) is 0.